The zero-order valence-electron chi connectivity index (χ0n) is 12.5. The van der Waals surface area contributed by atoms with Crippen molar-refractivity contribution in [3.8, 4) is 0 Å². The monoisotopic (exact) mass is 353 g/mol. The van der Waals surface area contributed by atoms with E-state index < -0.39 is 24.1 Å². The number of amides is 1. The SMILES string of the molecule is C=CCOC(=O)OC1=C(CC2C=CC(=O)O2)S[C@@H]2[C@@H](CO)C(=O)N12. The summed E-state index contributed by atoms with van der Waals surface area (Å²) in [5.41, 5.74) is 0. The van der Waals surface area contributed by atoms with E-state index in [1.54, 1.807) is 6.08 Å². The largest absolute Gasteiger partial charge is 0.515 e. The van der Waals surface area contributed by atoms with E-state index in [-0.39, 0.29) is 36.8 Å². The van der Waals surface area contributed by atoms with Crippen LogP contribution in [0.2, 0.25) is 0 Å². The second-order valence-corrected chi connectivity index (χ2v) is 6.44. The summed E-state index contributed by atoms with van der Waals surface area (Å²) >= 11 is 1.31. The quantitative estimate of drug-likeness (QED) is 0.427. The number of nitrogens with zero attached hydrogens (tertiary/aromatic N) is 1. The van der Waals surface area contributed by atoms with E-state index in [0.717, 1.165) is 0 Å². The van der Waals surface area contributed by atoms with Gasteiger partial charge in [0.2, 0.25) is 11.8 Å². The van der Waals surface area contributed by atoms with Gasteiger partial charge in [-0.15, -0.1) is 0 Å². The molecule has 9 heteroatoms. The summed E-state index contributed by atoms with van der Waals surface area (Å²) in [6.07, 6.45) is 3.15. The van der Waals surface area contributed by atoms with Crippen molar-refractivity contribution in [2.45, 2.75) is 17.9 Å². The Morgan fingerprint density at radius 3 is 2.92 bits per heavy atom. The molecule has 0 aliphatic carbocycles. The molecular weight excluding hydrogens is 338 g/mol. The number of esters is 1. The number of thioether (sulfide) groups is 1. The second-order valence-electron chi connectivity index (χ2n) is 5.22. The molecule has 1 fully saturated rings. The molecule has 1 saturated heterocycles. The van der Waals surface area contributed by atoms with Crippen molar-refractivity contribution in [1.29, 1.82) is 0 Å². The molecule has 0 saturated carbocycles. The van der Waals surface area contributed by atoms with E-state index in [2.05, 4.69) is 6.58 Å². The Morgan fingerprint density at radius 2 is 2.29 bits per heavy atom. The number of aliphatic hydroxyl groups is 1. The lowest BCUT2D eigenvalue weighted by molar-refractivity contribution is -0.152. The first-order valence-corrected chi connectivity index (χ1v) is 8.11. The summed E-state index contributed by atoms with van der Waals surface area (Å²) in [5.74, 6) is -1.23. The number of carbonyl (C=O) groups excluding carboxylic acids is 3. The van der Waals surface area contributed by atoms with Gasteiger partial charge in [0.05, 0.1) is 17.4 Å². The Kier molecular flexibility index (Phi) is 4.63. The van der Waals surface area contributed by atoms with Crippen LogP contribution in [0.15, 0.2) is 35.6 Å². The van der Waals surface area contributed by atoms with Crippen LogP contribution in [0.4, 0.5) is 4.79 Å². The highest BCUT2D eigenvalue weighted by molar-refractivity contribution is 8.04. The number of β-lactam (4-membered cyclic amide) rings is 1. The Morgan fingerprint density at radius 1 is 1.50 bits per heavy atom. The third kappa shape index (κ3) is 2.92. The molecule has 3 aliphatic rings. The Labute approximate surface area is 141 Å². The molecule has 3 aliphatic heterocycles. The number of carbonyl (C=O) groups is 3. The number of aliphatic hydroxyl groups excluding tert-OH is 1. The topological polar surface area (TPSA) is 102 Å². The van der Waals surface area contributed by atoms with Crippen LogP contribution >= 0.6 is 11.8 Å². The minimum Gasteiger partial charge on any atom is -0.455 e. The van der Waals surface area contributed by atoms with Gasteiger partial charge in [-0.1, -0.05) is 24.4 Å². The van der Waals surface area contributed by atoms with Gasteiger partial charge >= 0.3 is 12.1 Å². The van der Waals surface area contributed by atoms with Gasteiger partial charge in [0, 0.05) is 12.5 Å². The van der Waals surface area contributed by atoms with Crippen LogP contribution in [0.5, 0.6) is 0 Å². The van der Waals surface area contributed by atoms with E-state index in [1.807, 2.05) is 0 Å². The summed E-state index contributed by atoms with van der Waals surface area (Å²) < 4.78 is 15.0. The van der Waals surface area contributed by atoms with Gasteiger partial charge < -0.3 is 19.3 Å². The third-order valence-electron chi connectivity index (χ3n) is 3.67. The number of rotatable bonds is 6. The van der Waals surface area contributed by atoms with Gasteiger partial charge in [0.1, 0.15) is 18.1 Å². The molecule has 24 heavy (non-hydrogen) atoms. The average Bonchev–Trinajstić information content (AvgIpc) is 3.08. The summed E-state index contributed by atoms with van der Waals surface area (Å²) in [6, 6.07) is 0. The molecule has 0 spiro atoms. The number of cyclic esters (lactones) is 1. The van der Waals surface area contributed by atoms with E-state index in [0.29, 0.717) is 4.91 Å². The normalized spacial score (nSPS) is 27.7. The van der Waals surface area contributed by atoms with Crippen LogP contribution < -0.4 is 0 Å². The average molecular weight is 353 g/mol. The maximum atomic E-state index is 12.1. The highest BCUT2D eigenvalue weighted by Gasteiger charge is 2.55. The minimum atomic E-state index is -0.956. The molecule has 1 N–H and O–H groups in total. The number of ether oxygens (including phenoxy) is 3. The van der Waals surface area contributed by atoms with Gasteiger partial charge in [0.25, 0.3) is 0 Å². The van der Waals surface area contributed by atoms with Crippen LogP contribution in [-0.4, -0.2) is 52.7 Å². The molecule has 1 unspecified atom stereocenters. The van der Waals surface area contributed by atoms with Crippen LogP contribution in [-0.2, 0) is 23.8 Å². The van der Waals surface area contributed by atoms with Crippen molar-refractivity contribution >= 4 is 29.8 Å². The molecule has 0 radical (unpaired) electrons. The molecule has 128 valence electrons. The summed E-state index contributed by atoms with van der Waals surface area (Å²) in [4.78, 5) is 36.8. The Hall–Kier alpha value is -2.26. The summed E-state index contributed by atoms with van der Waals surface area (Å²) in [5, 5.41) is 8.96. The van der Waals surface area contributed by atoms with Crippen LogP contribution in [0, 0.1) is 5.92 Å². The van der Waals surface area contributed by atoms with Gasteiger partial charge in [-0.25, -0.2) is 9.59 Å². The van der Waals surface area contributed by atoms with Gasteiger partial charge in [-0.05, 0) is 6.08 Å². The van der Waals surface area contributed by atoms with Crippen molar-refractivity contribution in [1.82, 2.24) is 4.90 Å². The highest BCUT2D eigenvalue weighted by atomic mass is 32.2. The van der Waals surface area contributed by atoms with E-state index in [9.17, 15) is 19.5 Å². The first-order valence-electron chi connectivity index (χ1n) is 7.23. The Bertz CT molecular complexity index is 656. The molecule has 1 amide bonds. The lowest BCUT2D eigenvalue weighted by Crippen LogP contribution is -2.58. The summed E-state index contributed by atoms with van der Waals surface area (Å²) in [6.45, 7) is 3.12. The van der Waals surface area contributed by atoms with E-state index in [4.69, 9.17) is 14.2 Å². The van der Waals surface area contributed by atoms with Crippen LogP contribution in [0.3, 0.4) is 0 Å². The molecule has 3 atom stereocenters. The van der Waals surface area contributed by atoms with Gasteiger partial charge in [-0.3, -0.25) is 9.69 Å². The molecular formula is C15H15NO7S. The maximum absolute atomic E-state index is 12.1. The molecule has 0 aromatic rings. The van der Waals surface area contributed by atoms with Crippen molar-refractivity contribution in [2.75, 3.05) is 13.2 Å². The smallest absolute Gasteiger partial charge is 0.455 e. The van der Waals surface area contributed by atoms with Crippen molar-refractivity contribution < 1.29 is 33.7 Å². The minimum absolute atomic E-state index is 0.0196. The third-order valence-corrected chi connectivity index (χ3v) is 5.08. The highest BCUT2D eigenvalue weighted by Crippen LogP contribution is 2.51. The fourth-order valence-electron chi connectivity index (χ4n) is 2.56. The van der Waals surface area contributed by atoms with Crippen molar-refractivity contribution in [3.63, 3.8) is 0 Å². The predicted octanol–water partition coefficient (Wildman–Crippen LogP) is 0.890. The second kappa shape index (κ2) is 6.70. The first-order chi connectivity index (χ1) is 11.5. The van der Waals surface area contributed by atoms with Gasteiger partial charge in [0.15, 0.2) is 0 Å². The zero-order chi connectivity index (χ0) is 17.3. The number of hydrogen-bond donors (Lipinski definition) is 1. The first kappa shape index (κ1) is 16.6. The lowest BCUT2D eigenvalue weighted by Gasteiger charge is -2.40. The van der Waals surface area contributed by atoms with E-state index >= 15 is 0 Å². The molecule has 8 nitrogen and oxygen atoms in total. The fraction of sp³-hybridized carbons (Fsp3) is 0.400. The molecule has 3 heterocycles. The Balaban J connectivity index is 1.76. The van der Waals surface area contributed by atoms with Crippen molar-refractivity contribution in [2.24, 2.45) is 5.92 Å². The van der Waals surface area contributed by atoms with E-state index in [1.165, 1.54) is 28.8 Å². The molecule has 0 bridgehead atoms. The predicted molar refractivity (Wildman–Crippen MR) is 82.1 cm³/mol. The maximum Gasteiger partial charge on any atom is 0.515 e. The fourth-order valence-corrected chi connectivity index (χ4v) is 4.02. The van der Waals surface area contributed by atoms with Crippen LogP contribution in [0.25, 0.3) is 0 Å². The molecule has 3 rings (SSSR count). The number of fused-ring (bicyclic) bond motifs is 1. The van der Waals surface area contributed by atoms with Gasteiger partial charge in [-0.2, -0.15) is 0 Å². The zero-order valence-corrected chi connectivity index (χ0v) is 13.4. The lowest BCUT2D eigenvalue weighted by atomic mass is 10.00. The molecule has 0 aromatic carbocycles. The number of hydrogen-bond acceptors (Lipinski definition) is 8. The van der Waals surface area contributed by atoms with Crippen molar-refractivity contribution in [3.05, 3.63) is 35.6 Å². The standard InChI is InChI=1S/C15H15NO7S/c1-2-5-21-15(20)23-13-10(6-8-3-4-11(18)22-8)24-14-9(7-17)12(19)16(13)14/h2-4,8-9,14,17H,1,5-7H2/t8?,9-,14+/m0/s1. The molecule has 0 aromatic heterocycles. The summed E-state index contributed by atoms with van der Waals surface area (Å²) in [7, 11) is 0. The van der Waals surface area contributed by atoms with Crippen LogP contribution in [0.1, 0.15) is 6.42 Å².